The third kappa shape index (κ3) is 3.41. The predicted molar refractivity (Wildman–Crippen MR) is 100 cm³/mol. The van der Waals surface area contributed by atoms with Gasteiger partial charge in [0.25, 0.3) is 0 Å². The van der Waals surface area contributed by atoms with Crippen molar-refractivity contribution in [3.63, 3.8) is 0 Å². The summed E-state index contributed by atoms with van der Waals surface area (Å²) in [7, 11) is 3.29. The maximum Gasteiger partial charge on any atom is 0.223 e. The number of hydrogen-bond donors (Lipinski definition) is 1. The molecule has 1 saturated heterocycles. The molecule has 3 rings (SSSR count). The van der Waals surface area contributed by atoms with Crippen LogP contribution in [0.25, 0.3) is 0 Å². The van der Waals surface area contributed by atoms with Crippen LogP contribution in [0, 0.1) is 5.92 Å². The second-order valence-electron chi connectivity index (χ2n) is 7.60. The van der Waals surface area contributed by atoms with E-state index in [-0.39, 0.29) is 17.9 Å². The number of carbonyl (C=O) groups excluding carboxylic acids is 1. The maximum atomic E-state index is 12.9. The molecule has 0 aromatic heterocycles. The van der Waals surface area contributed by atoms with E-state index in [4.69, 9.17) is 9.47 Å². The Balaban J connectivity index is 2.08. The van der Waals surface area contributed by atoms with E-state index in [9.17, 15) is 9.90 Å². The van der Waals surface area contributed by atoms with Crippen molar-refractivity contribution < 1.29 is 19.4 Å². The lowest BCUT2D eigenvalue weighted by molar-refractivity contribution is -0.155. The summed E-state index contributed by atoms with van der Waals surface area (Å²) in [5.41, 5.74) is 0.251. The third-order valence-electron chi connectivity index (χ3n) is 6.11. The van der Waals surface area contributed by atoms with Crippen molar-refractivity contribution in [3.8, 4) is 11.5 Å². The molecule has 1 aliphatic carbocycles. The van der Waals surface area contributed by atoms with E-state index < -0.39 is 5.60 Å². The monoisotopic (exact) mass is 361 g/mol. The van der Waals surface area contributed by atoms with Gasteiger partial charge in [0.05, 0.1) is 25.9 Å². The van der Waals surface area contributed by atoms with Gasteiger partial charge in [-0.15, -0.1) is 0 Å². The molecule has 1 aromatic carbocycles. The van der Waals surface area contributed by atoms with Gasteiger partial charge in [-0.2, -0.15) is 0 Å². The highest BCUT2D eigenvalue weighted by Crippen LogP contribution is 2.51. The van der Waals surface area contributed by atoms with E-state index in [2.05, 4.69) is 0 Å². The SMILES string of the molecule is CCCC(=O)N1CC[C@]2(O)CCCC[C@@H]2[C@H]1c1cc(OC)ccc1OC. The van der Waals surface area contributed by atoms with Crippen molar-refractivity contribution in [2.75, 3.05) is 20.8 Å². The number of amides is 1. The van der Waals surface area contributed by atoms with E-state index in [1.165, 1.54) is 0 Å². The Morgan fingerprint density at radius 3 is 2.77 bits per heavy atom. The molecule has 2 aliphatic rings. The molecule has 1 aromatic rings. The molecule has 1 aliphatic heterocycles. The van der Waals surface area contributed by atoms with Crippen LogP contribution < -0.4 is 9.47 Å². The number of likely N-dealkylation sites (tertiary alicyclic amines) is 1. The number of methoxy groups -OCH3 is 2. The first-order chi connectivity index (χ1) is 12.5. The minimum atomic E-state index is -0.694. The Morgan fingerprint density at radius 2 is 2.08 bits per heavy atom. The van der Waals surface area contributed by atoms with Crippen LogP contribution in [-0.4, -0.2) is 42.3 Å². The molecule has 1 heterocycles. The van der Waals surface area contributed by atoms with E-state index in [1.54, 1.807) is 14.2 Å². The molecule has 26 heavy (non-hydrogen) atoms. The Kier molecular flexibility index (Phi) is 5.76. The molecule has 0 unspecified atom stereocenters. The minimum Gasteiger partial charge on any atom is -0.497 e. The fraction of sp³-hybridized carbons (Fsp3) is 0.667. The fourth-order valence-electron chi connectivity index (χ4n) is 4.77. The van der Waals surface area contributed by atoms with Crippen LogP contribution in [0.15, 0.2) is 18.2 Å². The predicted octanol–water partition coefficient (Wildman–Crippen LogP) is 3.70. The van der Waals surface area contributed by atoms with Gasteiger partial charge < -0.3 is 19.5 Å². The van der Waals surface area contributed by atoms with Crippen molar-refractivity contribution in [2.24, 2.45) is 5.92 Å². The molecule has 1 N–H and O–H groups in total. The largest absolute Gasteiger partial charge is 0.497 e. The second-order valence-corrected chi connectivity index (χ2v) is 7.60. The number of benzene rings is 1. The summed E-state index contributed by atoms with van der Waals surface area (Å²) < 4.78 is 11.1. The fourth-order valence-corrected chi connectivity index (χ4v) is 4.77. The zero-order valence-electron chi connectivity index (χ0n) is 16.2. The van der Waals surface area contributed by atoms with E-state index in [1.807, 2.05) is 30.0 Å². The topological polar surface area (TPSA) is 59.0 Å². The lowest BCUT2D eigenvalue weighted by Crippen LogP contribution is -2.56. The average Bonchev–Trinajstić information content (AvgIpc) is 2.66. The van der Waals surface area contributed by atoms with Crippen LogP contribution in [0.3, 0.4) is 0 Å². The number of piperidine rings is 1. The number of carbonyl (C=O) groups is 1. The molecule has 3 atom stereocenters. The van der Waals surface area contributed by atoms with Crippen molar-refractivity contribution in [2.45, 2.75) is 63.5 Å². The van der Waals surface area contributed by atoms with Gasteiger partial charge in [0.1, 0.15) is 11.5 Å². The van der Waals surface area contributed by atoms with E-state index in [0.29, 0.717) is 19.4 Å². The Morgan fingerprint density at radius 1 is 1.27 bits per heavy atom. The summed E-state index contributed by atoms with van der Waals surface area (Å²) >= 11 is 0. The molecule has 0 spiro atoms. The van der Waals surface area contributed by atoms with E-state index >= 15 is 0 Å². The van der Waals surface area contributed by atoms with Crippen LogP contribution in [0.1, 0.15) is 63.5 Å². The smallest absolute Gasteiger partial charge is 0.223 e. The molecule has 5 heteroatoms. The molecule has 0 radical (unpaired) electrons. The molecule has 2 fully saturated rings. The molecule has 144 valence electrons. The highest BCUT2D eigenvalue weighted by Gasteiger charge is 2.50. The highest BCUT2D eigenvalue weighted by molar-refractivity contribution is 5.77. The third-order valence-corrected chi connectivity index (χ3v) is 6.11. The standard InChI is InChI=1S/C21H31NO4/c1-4-7-19(23)22-13-12-21(24)11-6-5-8-17(21)20(22)16-14-15(25-2)9-10-18(16)26-3/h9-10,14,17,20,24H,4-8,11-13H2,1-3H3/t17-,20-,21-/m1/s1. The summed E-state index contributed by atoms with van der Waals surface area (Å²) in [6.07, 6.45) is 5.91. The number of ether oxygens (including phenoxy) is 2. The summed E-state index contributed by atoms with van der Waals surface area (Å²) in [6.45, 7) is 2.62. The maximum absolute atomic E-state index is 12.9. The Bertz CT molecular complexity index is 647. The van der Waals surface area contributed by atoms with Gasteiger partial charge in [-0.3, -0.25) is 4.79 Å². The van der Waals surface area contributed by atoms with Crippen molar-refractivity contribution >= 4 is 5.91 Å². The lowest BCUT2D eigenvalue weighted by atomic mass is 9.66. The van der Waals surface area contributed by atoms with E-state index in [0.717, 1.165) is 49.2 Å². The summed E-state index contributed by atoms with van der Waals surface area (Å²) in [4.78, 5) is 14.9. The van der Waals surface area contributed by atoms with Crippen LogP contribution in [0.5, 0.6) is 11.5 Å². The first-order valence-electron chi connectivity index (χ1n) is 9.78. The molecule has 5 nitrogen and oxygen atoms in total. The average molecular weight is 361 g/mol. The number of nitrogens with zero attached hydrogens (tertiary/aromatic N) is 1. The van der Waals surface area contributed by atoms with Gasteiger partial charge in [-0.05, 0) is 43.9 Å². The zero-order valence-corrected chi connectivity index (χ0v) is 16.2. The lowest BCUT2D eigenvalue weighted by Gasteiger charge is -2.52. The summed E-state index contributed by atoms with van der Waals surface area (Å²) in [6, 6.07) is 5.57. The van der Waals surface area contributed by atoms with Crippen molar-refractivity contribution in [3.05, 3.63) is 23.8 Å². The first kappa shape index (κ1) is 19.0. The number of hydrogen-bond acceptors (Lipinski definition) is 4. The van der Waals surface area contributed by atoms with Gasteiger partial charge in [-0.1, -0.05) is 19.8 Å². The van der Waals surface area contributed by atoms with Gasteiger partial charge in [0.2, 0.25) is 5.91 Å². The minimum absolute atomic E-state index is 0.0341. The zero-order chi connectivity index (χ0) is 18.7. The normalized spacial score (nSPS) is 28.4. The first-order valence-corrected chi connectivity index (χ1v) is 9.78. The van der Waals surface area contributed by atoms with Gasteiger partial charge in [0.15, 0.2) is 0 Å². The quantitative estimate of drug-likeness (QED) is 0.869. The molecular weight excluding hydrogens is 330 g/mol. The van der Waals surface area contributed by atoms with Gasteiger partial charge >= 0.3 is 0 Å². The molecule has 1 amide bonds. The van der Waals surface area contributed by atoms with Crippen molar-refractivity contribution in [1.29, 1.82) is 0 Å². The molecule has 0 bridgehead atoms. The van der Waals surface area contributed by atoms with Crippen LogP contribution in [0.4, 0.5) is 0 Å². The number of aliphatic hydroxyl groups is 1. The summed E-state index contributed by atoms with van der Waals surface area (Å²) in [5.74, 6) is 1.69. The number of rotatable bonds is 5. The Hall–Kier alpha value is -1.75. The van der Waals surface area contributed by atoms with Gasteiger partial charge in [0, 0.05) is 24.4 Å². The highest BCUT2D eigenvalue weighted by atomic mass is 16.5. The number of fused-ring (bicyclic) bond motifs is 1. The molecule has 1 saturated carbocycles. The van der Waals surface area contributed by atoms with Crippen LogP contribution in [0.2, 0.25) is 0 Å². The second kappa shape index (κ2) is 7.87. The van der Waals surface area contributed by atoms with Crippen molar-refractivity contribution in [1.82, 2.24) is 4.90 Å². The summed E-state index contributed by atoms with van der Waals surface area (Å²) in [5, 5.41) is 11.3. The van der Waals surface area contributed by atoms with Gasteiger partial charge in [-0.25, -0.2) is 0 Å². The van der Waals surface area contributed by atoms with Crippen LogP contribution in [-0.2, 0) is 4.79 Å². The Labute approximate surface area is 156 Å². The molecular formula is C21H31NO4. The van der Waals surface area contributed by atoms with Crippen LogP contribution >= 0.6 is 0 Å².